The van der Waals surface area contributed by atoms with Gasteiger partial charge in [-0.05, 0) is 36.2 Å². The third-order valence-corrected chi connectivity index (χ3v) is 4.51. The van der Waals surface area contributed by atoms with Gasteiger partial charge in [-0.2, -0.15) is 5.10 Å². The van der Waals surface area contributed by atoms with Crippen molar-refractivity contribution in [3.63, 3.8) is 0 Å². The maximum absolute atomic E-state index is 13.0. The van der Waals surface area contributed by atoms with Crippen molar-refractivity contribution in [3.05, 3.63) is 46.8 Å². The molecule has 0 unspecified atom stereocenters. The van der Waals surface area contributed by atoms with Crippen LogP contribution in [-0.4, -0.2) is 35.3 Å². The Hall–Kier alpha value is -2.63. The predicted molar refractivity (Wildman–Crippen MR) is 95.1 cm³/mol. The molecule has 0 bridgehead atoms. The van der Waals surface area contributed by atoms with Crippen molar-refractivity contribution < 1.29 is 14.3 Å². The zero-order valence-corrected chi connectivity index (χ0v) is 15.3. The number of methoxy groups -OCH3 is 1. The molecule has 2 heterocycles. The average Bonchev–Trinajstić information content (AvgIpc) is 3.16. The van der Waals surface area contributed by atoms with E-state index in [9.17, 15) is 9.59 Å². The maximum Gasteiger partial charge on any atom is 0.337 e. The predicted octanol–water partition coefficient (Wildman–Crippen LogP) is 2.71. The summed E-state index contributed by atoms with van der Waals surface area (Å²) < 4.78 is 6.40. The van der Waals surface area contributed by atoms with E-state index in [1.165, 1.54) is 7.11 Å². The monoisotopic (exact) mass is 341 g/mol. The molecule has 132 valence electrons. The quantitative estimate of drug-likeness (QED) is 0.788. The Balaban J connectivity index is 1.92. The van der Waals surface area contributed by atoms with Gasteiger partial charge in [-0.1, -0.05) is 20.8 Å². The van der Waals surface area contributed by atoms with E-state index in [4.69, 9.17) is 4.74 Å². The van der Waals surface area contributed by atoms with E-state index in [1.54, 1.807) is 28.8 Å². The fourth-order valence-electron chi connectivity index (χ4n) is 3.03. The van der Waals surface area contributed by atoms with Crippen molar-refractivity contribution >= 4 is 17.6 Å². The number of nitrogens with zero attached hydrogens (tertiary/aromatic N) is 3. The third kappa shape index (κ3) is 3.04. The van der Waals surface area contributed by atoms with E-state index >= 15 is 0 Å². The Bertz CT molecular complexity index is 846. The summed E-state index contributed by atoms with van der Waals surface area (Å²) in [5.74, 6) is -0.441. The summed E-state index contributed by atoms with van der Waals surface area (Å²) in [6, 6.07) is 7.18. The van der Waals surface area contributed by atoms with Crippen LogP contribution in [0.5, 0.6) is 0 Å². The summed E-state index contributed by atoms with van der Waals surface area (Å²) in [5, 5.41) is 4.49. The number of esters is 1. The molecule has 0 N–H and O–H groups in total. The van der Waals surface area contributed by atoms with E-state index in [0.717, 1.165) is 23.4 Å². The highest BCUT2D eigenvalue weighted by atomic mass is 16.5. The molecule has 0 fully saturated rings. The molecule has 6 heteroatoms. The van der Waals surface area contributed by atoms with Gasteiger partial charge in [0.1, 0.15) is 5.69 Å². The minimum atomic E-state index is -0.367. The molecule has 0 radical (unpaired) electrons. The molecular weight excluding hydrogens is 318 g/mol. The standard InChI is InChI=1S/C19H23N3O3/c1-19(2,3)16-11-15(21(4)20-16)17(23)22-9-8-12-10-13(18(24)25-5)6-7-14(12)22/h6-7,10-11H,8-9H2,1-5H3. The second-order valence-corrected chi connectivity index (χ2v) is 7.33. The number of hydrogen-bond acceptors (Lipinski definition) is 4. The van der Waals surface area contributed by atoms with Crippen LogP contribution in [0.2, 0.25) is 0 Å². The highest BCUT2D eigenvalue weighted by Gasteiger charge is 2.30. The number of rotatable bonds is 2. The number of aromatic nitrogens is 2. The molecule has 2 aromatic rings. The SMILES string of the molecule is COC(=O)c1ccc2c(c1)CCN2C(=O)c1cc(C(C)(C)C)nn1C. The van der Waals surface area contributed by atoms with E-state index < -0.39 is 0 Å². The molecular formula is C19H23N3O3. The molecule has 0 atom stereocenters. The first-order valence-corrected chi connectivity index (χ1v) is 8.30. The van der Waals surface area contributed by atoms with Gasteiger partial charge in [0.15, 0.2) is 0 Å². The summed E-state index contributed by atoms with van der Waals surface area (Å²) in [6.45, 7) is 6.81. The highest BCUT2D eigenvalue weighted by molar-refractivity contribution is 6.06. The van der Waals surface area contributed by atoms with Gasteiger partial charge in [-0.25, -0.2) is 4.79 Å². The van der Waals surface area contributed by atoms with Gasteiger partial charge >= 0.3 is 5.97 Å². The normalized spacial score (nSPS) is 13.7. The topological polar surface area (TPSA) is 64.4 Å². The summed E-state index contributed by atoms with van der Waals surface area (Å²) >= 11 is 0. The van der Waals surface area contributed by atoms with Crippen LogP contribution in [0.4, 0.5) is 5.69 Å². The number of aryl methyl sites for hydroxylation is 1. The lowest BCUT2D eigenvalue weighted by Crippen LogP contribution is -2.30. The van der Waals surface area contributed by atoms with Crippen LogP contribution in [0.1, 0.15) is 52.9 Å². The van der Waals surface area contributed by atoms with Crippen LogP contribution in [0.15, 0.2) is 24.3 Å². The first-order valence-electron chi connectivity index (χ1n) is 8.30. The van der Waals surface area contributed by atoms with E-state index in [1.807, 2.05) is 12.1 Å². The van der Waals surface area contributed by atoms with Gasteiger partial charge in [-0.15, -0.1) is 0 Å². The molecule has 25 heavy (non-hydrogen) atoms. The van der Waals surface area contributed by atoms with Gasteiger partial charge < -0.3 is 9.64 Å². The first-order chi connectivity index (χ1) is 11.7. The number of carbonyl (C=O) groups excluding carboxylic acids is 2. The van der Waals surface area contributed by atoms with Gasteiger partial charge in [-0.3, -0.25) is 9.48 Å². The third-order valence-electron chi connectivity index (χ3n) is 4.51. The van der Waals surface area contributed by atoms with E-state index in [2.05, 4.69) is 25.9 Å². The molecule has 1 amide bonds. The lowest BCUT2D eigenvalue weighted by Gasteiger charge is -2.17. The largest absolute Gasteiger partial charge is 0.465 e. The average molecular weight is 341 g/mol. The Kier molecular flexibility index (Phi) is 4.14. The summed E-state index contributed by atoms with van der Waals surface area (Å²) in [7, 11) is 3.15. The minimum absolute atomic E-state index is 0.0740. The Morgan fingerprint density at radius 2 is 1.92 bits per heavy atom. The first kappa shape index (κ1) is 17.2. The zero-order valence-electron chi connectivity index (χ0n) is 15.3. The molecule has 3 rings (SSSR count). The van der Waals surface area contributed by atoms with Gasteiger partial charge in [0.25, 0.3) is 5.91 Å². The van der Waals surface area contributed by atoms with Crippen LogP contribution in [-0.2, 0) is 23.6 Å². The van der Waals surface area contributed by atoms with Crippen molar-refractivity contribution in [1.29, 1.82) is 0 Å². The molecule has 0 saturated heterocycles. The lowest BCUT2D eigenvalue weighted by molar-refractivity contribution is 0.0600. The van der Waals surface area contributed by atoms with Crippen LogP contribution < -0.4 is 4.90 Å². The number of ether oxygens (including phenoxy) is 1. The summed E-state index contributed by atoms with van der Waals surface area (Å²) in [6.07, 6.45) is 0.718. The van der Waals surface area contributed by atoms with Crippen molar-refractivity contribution in [1.82, 2.24) is 9.78 Å². The number of fused-ring (bicyclic) bond motifs is 1. The Morgan fingerprint density at radius 3 is 2.52 bits per heavy atom. The summed E-state index contributed by atoms with van der Waals surface area (Å²) in [5.41, 5.74) is 3.67. The fraction of sp³-hybridized carbons (Fsp3) is 0.421. The van der Waals surface area contributed by atoms with Crippen molar-refractivity contribution in [3.8, 4) is 0 Å². The second kappa shape index (κ2) is 6.02. The molecule has 0 aliphatic carbocycles. The highest BCUT2D eigenvalue weighted by Crippen LogP contribution is 2.31. The van der Waals surface area contributed by atoms with Gasteiger partial charge in [0.05, 0.1) is 18.4 Å². The van der Waals surface area contributed by atoms with Crippen molar-refractivity contribution in [2.45, 2.75) is 32.6 Å². The smallest absolute Gasteiger partial charge is 0.337 e. The molecule has 1 aliphatic rings. The lowest BCUT2D eigenvalue weighted by atomic mass is 9.92. The van der Waals surface area contributed by atoms with Crippen LogP contribution in [0.25, 0.3) is 0 Å². The molecule has 1 aliphatic heterocycles. The fourth-order valence-corrected chi connectivity index (χ4v) is 3.03. The molecule has 6 nitrogen and oxygen atoms in total. The number of benzene rings is 1. The molecule has 0 spiro atoms. The Morgan fingerprint density at radius 1 is 1.20 bits per heavy atom. The van der Waals surface area contributed by atoms with Crippen molar-refractivity contribution in [2.75, 3.05) is 18.6 Å². The van der Waals surface area contributed by atoms with E-state index in [0.29, 0.717) is 17.8 Å². The zero-order chi connectivity index (χ0) is 18.4. The van der Waals surface area contributed by atoms with Gasteiger partial charge in [0, 0.05) is 24.7 Å². The number of anilines is 1. The Labute approximate surface area is 147 Å². The van der Waals surface area contributed by atoms with Crippen LogP contribution in [0.3, 0.4) is 0 Å². The second-order valence-electron chi connectivity index (χ2n) is 7.33. The number of hydrogen-bond donors (Lipinski definition) is 0. The maximum atomic E-state index is 13.0. The van der Waals surface area contributed by atoms with Crippen LogP contribution in [0, 0.1) is 0 Å². The van der Waals surface area contributed by atoms with E-state index in [-0.39, 0.29) is 17.3 Å². The number of carbonyl (C=O) groups is 2. The minimum Gasteiger partial charge on any atom is -0.465 e. The van der Waals surface area contributed by atoms with Crippen LogP contribution >= 0.6 is 0 Å². The molecule has 0 saturated carbocycles. The number of amides is 1. The van der Waals surface area contributed by atoms with Gasteiger partial charge in [0.2, 0.25) is 0 Å². The molecule has 1 aromatic heterocycles. The van der Waals surface area contributed by atoms with Crippen molar-refractivity contribution in [2.24, 2.45) is 7.05 Å². The molecule has 1 aromatic carbocycles. The summed E-state index contributed by atoms with van der Waals surface area (Å²) in [4.78, 5) is 26.4.